The number of fused-ring (bicyclic) bond motifs is 1. The number of hydrogen-bond acceptors (Lipinski definition) is 3. The van der Waals surface area contributed by atoms with Gasteiger partial charge < -0.3 is 15.2 Å². The van der Waals surface area contributed by atoms with Crippen LogP contribution in [-0.4, -0.2) is 20.8 Å². The van der Waals surface area contributed by atoms with Crippen molar-refractivity contribution in [2.45, 2.75) is 25.2 Å². The van der Waals surface area contributed by atoms with Crippen LogP contribution in [0.25, 0.3) is 0 Å². The highest BCUT2D eigenvalue weighted by Crippen LogP contribution is 2.41. The molecule has 1 aliphatic carbocycles. The molecule has 2 N–H and O–H groups in total. The number of aryl methyl sites for hydroxylation is 1. The van der Waals surface area contributed by atoms with Gasteiger partial charge in [0, 0.05) is 0 Å². The standard InChI is InChI=1S/C13H19NO2/c1-15-12-7-10-4-3-9(5-6-14)11(10)8-13(12)16-2/h7-9H,3-6,14H2,1-2H3/t9-/m0/s1. The Balaban J connectivity index is 2.36. The van der Waals surface area contributed by atoms with Crippen LogP contribution in [0.1, 0.15) is 29.9 Å². The van der Waals surface area contributed by atoms with Crippen LogP contribution in [0.4, 0.5) is 0 Å². The maximum Gasteiger partial charge on any atom is 0.161 e. The smallest absolute Gasteiger partial charge is 0.161 e. The summed E-state index contributed by atoms with van der Waals surface area (Å²) >= 11 is 0. The number of benzene rings is 1. The Kier molecular flexibility index (Phi) is 3.34. The van der Waals surface area contributed by atoms with Gasteiger partial charge in [0.25, 0.3) is 0 Å². The maximum atomic E-state index is 5.64. The zero-order valence-electron chi connectivity index (χ0n) is 9.95. The highest BCUT2D eigenvalue weighted by molar-refractivity contribution is 5.50. The molecule has 0 spiro atoms. The summed E-state index contributed by atoms with van der Waals surface area (Å²) in [5.74, 6) is 2.25. The molecule has 3 heteroatoms. The van der Waals surface area contributed by atoms with Gasteiger partial charge in [0.1, 0.15) is 0 Å². The van der Waals surface area contributed by atoms with Gasteiger partial charge in [-0.1, -0.05) is 0 Å². The quantitative estimate of drug-likeness (QED) is 0.846. The molecule has 0 fully saturated rings. The van der Waals surface area contributed by atoms with Gasteiger partial charge in [-0.05, 0) is 55.0 Å². The zero-order chi connectivity index (χ0) is 11.5. The summed E-state index contributed by atoms with van der Waals surface area (Å²) in [5, 5.41) is 0. The van der Waals surface area contributed by atoms with Crippen LogP contribution in [0.5, 0.6) is 11.5 Å². The summed E-state index contributed by atoms with van der Waals surface area (Å²) in [6, 6.07) is 4.21. The Bertz CT molecular complexity index is 376. The van der Waals surface area contributed by atoms with Crippen LogP contribution >= 0.6 is 0 Å². The lowest BCUT2D eigenvalue weighted by Gasteiger charge is -2.13. The van der Waals surface area contributed by atoms with Crippen molar-refractivity contribution in [2.75, 3.05) is 20.8 Å². The average Bonchev–Trinajstić information content (AvgIpc) is 2.70. The van der Waals surface area contributed by atoms with Crippen LogP contribution in [0.15, 0.2) is 12.1 Å². The molecule has 0 saturated heterocycles. The Morgan fingerprint density at radius 2 is 1.94 bits per heavy atom. The molecule has 0 amide bonds. The predicted molar refractivity (Wildman–Crippen MR) is 64.3 cm³/mol. The zero-order valence-corrected chi connectivity index (χ0v) is 9.95. The third-order valence-corrected chi connectivity index (χ3v) is 3.36. The first-order valence-corrected chi connectivity index (χ1v) is 5.75. The Labute approximate surface area is 96.5 Å². The molecule has 88 valence electrons. The molecule has 1 atom stereocenters. The lowest BCUT2D eigenvalue weighted by atomic mass is 9.97. The third kappa shape index (κ3) is 1.87. The highest BCUT2D eigenvalue weighted by atomic mass is 16.5. The molecule has 1 aliphatic rings. The van der Waals surface area contributed by atoms with Crippen molar-refractivity contribution < 1.29 is 9.47 Å². The highest BCUT2D eigenvalue weighted by Gasteiger charge is 2.24. The molecule has 0 aromatic heterocycles. The molecular formula is C13H19NO2. The molecule has 0 bridgehead atoms. The monoisotopic (exact) mass is 221 g/mol. The van der Waals surface area contributed by atoms with Gasteiger partial charge in [-0.3, -0.25) is 0 Å². The molecule has 16 heavy (non-hydrogen) atoms. The van der Waals surface area contributed by atoms with E-state index in [1.807, 2.05) is 0 Å². The van der Waals surface area contributed by atoms with E-state index in [2.05, 4.69) is 12.1 Å². The molecule has 2 rings (SSSR count). The van der Waals surface area contributed by atoms with Crippen LogP contribution < -0.4 is 15.2 Å². The van der Waals surface area contributed by atoms with Gasteiger partial charge in [-0.2, -0.15) is 0 Å². The molecule has 0 heterocycles. The minimum atomic E-state index is 0.597. The molecule has 1 aromatic rings. The first-order chi connectivity index (χ1) is 7.80. The number of rotatable bonds is 4. The second kappa shape index (κ2) is 4.74. The second-order valence-corrected chi connectivity index (χ2v) is 4.22. The molecule has 0 saturated carbocycles. The Hall–Kier alpha value is -1.22. The number of nitrogens with two attached hydrogens (primary N) is 1. The largest absolute Gasteiger partial charge is 0.493 e. The van der Waals surface area contributed by atoms with Crippen LogP contribution in [0, 0.1) is 0 Å². The van der Waals surface area contributed by atoms with Crippen LogP contribution in [0.2, 0.25) is 0 Å². The summed E-state index contributed by atoms with van der Waals surface area (Å²) in [7, 11) is 3.35. The van der Waals surface area contributed by atoms with E-state index in [1.165, 1.54) is 17.5 Å². The van der Waals surface area contributed by atoms with E-state index >= 15 is 0 Å². The molecule has 0 unspecified atom stereocenters. The van der Waals surface area contributed by atoms with Gasteiger partial charge in [0.05, 0.1) is 14.2 Å². The van der Waals surface area contributed by atoms with Gasteiger partial charge in [0.15, 0.2) is 11.5 Å². The molecular weight excluding hydrogens is 202 g/mol. The third-order valence-electron chi connectivity index (χ3n) is 3.36. The number of methoxy groups -OCH3 is 2. The van der Waals surface area contributed by atoms with Crippen molar-refractivity contribution in [3.8, 4) is 11.5 Å². The van der Waals surface area contributed by atoms with Gasteiger partial charge in [-0.15, -0.1) is 0 Å². The van der Waals surface area contributed by atoms with Crippen molar-refractivity contribution >= 4 is 0 Å². The summed E-state index contributed by atoms with van der Waals surface area (Å²) < 4.78 is 10.6. The minimum Gasteiger partial charge on any atom is -0.493 e. The summed E-state index contributed by atoms with van der Waals surface area (Å²) in [5.41, 5.74) is 8.41. The molecule has 1 aromatic carbocycles. The van der Waals surface area contributed by atoms with E-state index in [0.29, 0.717) is 5.92 Å². The van der Waals surface area contributed by atoms with Crippen molar-refractivity contribution in [3.63, 3.8) is 0 Å². The first-order valence-electron chi connectivity index (χ1n) is 5.75. The van der Waals surface area contributed by atoms with Crippen LogP contribution in [0.3, 0.4) is 0 Å². The van der Waals surface area contributed by atoms with E-state index in [1.54, 1.807) is 14.2 Å². The Morgan fingerprint density at radius 1 is 1.25 bits per heavy atom. The van der Waals surface area contributed by atoms with Crippen molar-refractivity contribution in [1.82, 2.24) is 0 Å². The fourth-order valence-electron chi connectivity index (χ4n) is 2.52. The molecule has 0 aliphatic heterocycles. The number of ether oxygens (including phenoxy) is 2. The molecule has 0 radical (unpaired) electrons. The lowest BCUT2D eigenvalue weighted by molar-refractivity contribution is 0.354. The van der Waals surface area contributed by atoms with Gasteiger partial charge >= 0.3 is 0 Å². The Morgan fingerprint density at radius 3 is 2.56 bits per heavy atom. The van der Waals surface area contributed by atoms with Gasteiger partial charge in [-0.25, -0.2) is 0 Å². The topological polar surface area (TPSA) is 44.5 Å². The van der Waals surface area contributed by atoms with Crippen molar-refractivity contribution in [3.05, 3.63) is 23.3 Å². The van der Waals surface area contributed by atoms with Crippen LogP contribution in [-0.2, 0) is 6.42 Å². The van der Waals surface area contributed by atoms with Crippen molar-refractivity contribution in [1.29, 1.82) is 0 Å². The minimum absolute atomic E-state index is 0.597. The SMILES string of the molecule is COc1cc2c(cc1OC)[C@H](CCN)CC2. The first kappa shape index (κ1) is 11.3. The lowest BCUT2D eigenvalue weighted by Crippen LogP contribution is -2.05. The average molecular weight is 221 g/mol. The second-order valence-electron chi connectivity index (χ2n) is 4.22. The summed E-state index contributed by atoms with van der Waals surface area (Å²) in [4.78, 5) is 0. The summed E-state index contributed by atoms with van der Waals surface area (Å²) in [6.45, 7) is 0.748. The fraction of sp³-hybridized carbons (Fsp3) is 0.538. The molecule has 3 nitrogen and oxygen atoms in total. The number of hydrogen-bond donors (Lipinski definition) is 1. The van der Waals surface area contributed by atoms with E-state index < -0.39 is 0 Å². The maximum absolute atomic E-state index is 5.64. The van der Waals surface area contributed by atoms with Crippen molar-refractivity contribution in [2.24, 2.45) is 5.73 Å². The van der Waals surface area contributed by atoms with E-state index in [-0.39, 0.29) is 0 Å². The normalized spacial score (nSPS) is 18.3. The van der Waals surface area contributed by atoms with E-state index in [9.17, 15) is 0 Å². The van der Waals surface area contributed by atoms with E-state index in [4.69, 9.17) is 15.2 Å². The summed E-state index contributed by atoms with van der Waals surface area (Å²) in [6.07, 6.45) is 3.38. The van der Waals surface area contributed by atoms with E-state index in [0.717, 1.165) is 30.9 Å². The fourth-order valence-corrected chi connectivity index (χ4v) is 2.52. The predicted octanol–water partition coefficient (Wildman–Crippen LogP) is 2.08. The van der Waals surface area contributed by atoms with Gasteiger partial charge in [0.2, 0.25) is 0 Å².